The van der Waals surface area contributed by atoms with Crippen molar-refractivity contribution >= 4 is 0 Å². The molecule has 0 atom stereocenters. The van der Waals surface area contributed by atoms with Gasteiger partial charge in [0.1, 0.15) is 0 Å². The number of unbranched alkanes of at least 4 members (excludes halogenated alkanes) is 6. The largest absolute Gasteiger partial charge is 0.330 e. The van der Waals surface area contributed by atoms with Crippen molar-refractivity contribution in [3.05, 3.63) is 12.2 Å². The van der Waals surface area contributed by atoms with Crippen molar-refractivity contribution in [2.45, 2.75) is 58.3 Å². The summed E-state index contributed by atoms with van der Waals surface area (Å²) >= 11 is 0. The molecule has 13 heavy (non-hydrogen) atoms. The Morgan fingerprint density at radius 1 is 0.846 bits per heavy atom. The van der Waals surface area contributed by atoms with E-state index in [4.69, 9.17) is 5.73 Å². The first kappa shape index (κ1) is 12.7. The average molecular weight is 183 g/mol. The van der Waals surface area contributed by atoms with Gasteiger partial charge in [-0.15, -0.1) is 0 Å². The molecule has 1 heteroatoms. The van der Waals surface area contributed by atoms with Crippen LogP contribution in [-0.4, -0.2) is 6.54 Å². The van der Waals surface area contributed by atoms with E-state index in [1.165, 1.54) is 51.4 Å². The monoisotopic (exact) mass is 183 g/mol. The van der Waals surface area contributed by atoms with Crippen molar-refractivity contribution in [1.82, 2.24) is 0 Å². The molecule has 0 saturated carbocycles. The van der Waals surface area contributed by atoms with Crippen LogP contribution < -0.4 is 5.73 Å². The smallest absolute Gasteiger partial charge is 0.00772 e. The molecule has 0 aliphatic rings. The summed E-state index contributed by atoms with van der Waals surface area (Å²) < 4.78 is 0. The maximum Gasteiger partial charge on any atom is -0.00772 e. The van der Waals surface area contributed by atoms with Gasteiger partial charge in [0.05, 0.1) is 0 Å². The van der Waals surface area contributed by atoms with Gasteiger partial charge in [0.2, 0.25) is 0 Å². The second-order valence-electron chi connectivity index (χ2n) is 3.61. The fourth-order valence-electron chi connectivity index (χ4n) is 1.33. The van der Waals surface area contributed by atoms with E-state index in [1.807, 2.05) is 0 Å². The van der Waals surface area contributed by atoms with E-state index in [0.29, 0.717) is 0 Å². The highest BCUT2D eigenvalue weighted by molar-refractivity contribution is 4.81. The third-order valence-corrected chi connectivity index (χ3v) is 2.22. The lowest BCUT2D eigenvalue weighted by atomic mass is 10.1. The molecular formula is C12H25N. The summed E-state index contributed by atoms with van der Waals surface area (Å²) in [6.45, 7) is 3.09. The van der Waals surface area contributed by atoms with Gasteiger partial charge in [0, 0.05) is 0 Å². The van der Waals surface area contributed by atoms with Gasteiger partial charge in [-0.05, 0) is 38.6 Å². The zero-order valence-electron chi connectivity index (χ0n) is 9.10. The Labute approximate surface area is 83.4 Å². The van der Waals surface area contributed by atoms with E-state index in [2.05, 4.69) is 19.1 Å². The van der Waals surface area contributed by atoms with E-state index in [-0.39, 0.29) is 0 Å². The van der Waals surface area contributed by atoms with Crippen molar-refractivity contribution in [3.8, 4) is 0 Å². The van der Waals surface area contributed by atoms with Crippen LogP contribution in [0.3, 0.4) is 0 Å². The third-order valence-electron chi connectivity index (χ3n) is 2.22. The Balaban J connectivity index is 2.95. The van der Waals surface area contributed by atoms with Crippen LogP contribution in [0.1, 0.15) is 58.3 Å². The minimum absolute atomic E-state index is 0.838. The Morgan fingerprint density at radius 2 is 1.46 bits per heavy atom. The average Bonchev–Trinajstić information content (AvgIpc) is 2.16. The molecule has 0 heterocycles. The van der Waals surface area contributed by atoms with Crippen molar-refractivity contribution in [2.24, 2.45) is 5.73 Å². The molecule has 0 aromatic carbocycles. The first-order chi connectivity index (χ1) is 6.41. The molecule has 1 nitrogen and oxygen atoms in total. The molecule has 0 aliphatic carbocycles. The highest BCUT2D eigenvalue weighted by Gasteiger charge is 1.84. The van der Waals surface area contributed by atoms with Crippen LogP contribution in [-0.2, 0) is 0 Å². The lowest BCUT2D eigenvalue weighted by Gasteiger charge is -1.94. The topological polar surface area (TPSA) is 26.0 Å². The van der Waals surface area contributed by atoms with Crippen LogP contribution >= 0.6 is 0 Å². The van der Waals surface area contributed by atoms with Crippen molar-refractivity contribution < 1.29 is 0 Å². The number of allylic oxidation sites excluding steroid dienone is 2. The van der Waals surface area contributed by atoms with Crippen LogP contribution in [0, 0.1) is 0 Å². The molecule has 0 bridgehead atoms. The normalized spacial score (nSPS) is 11.2. The van der Waals surface area contributed by atoms with E-state index in [0.717, 1.165) is 6.54 Å². The summed E-state index contributed by atoms with van der Waals surface area (Å²) in [6.07, 6.45) is 15.0. The molecule has 0 amide bonds. The van der Waals surface area contributed by atoms with Crippen LogP contribution in [0.15, 0.2) is 12.2 Å². The second-order valence-corrected chi connectivity index (χ2v) is 3.61. The van der Waals surface area contributed by atoms with Crippen LogP contribution in [0.2, 0.25) is 0 Å². The molecule has 78 valence electrons. The van der Waals surface area contributed by atoms with Crippen molar-refractivity contribution in [3.63, 3.8) is 0 Å². The lowest BCUT2D eigenvalue weighted by molar-refractivity contribution is 0.673. The molecule has 0 aromatic heterocycles. The maximum absolute atomic E-state index is 5.40. The van der Waals surface area contributed by atoms with Crippen molar-refractivity contribution in [2.75, 3.05) is 6.54 Å². The molecule has 0 spiro atoms. The fourth-order valence-corrected chi connectivity index (χ4v) is 1.33. The zero-order valence-corrected chi connectivity index (χ0v) is 9.10. The van der Waals surface area contributed by atoms with E-state index < -0.39 is 0 Å². The van der Waals surface area contributed by atoms with E-state index in [9.17, 15) is 0 Å². The SMILES string of the molecule is CCCCCCC=CCCCCN. The summed E-state index contributed by atoms with van der Waals surface area (Å²) in [4.78, 5) is 0. The fraction of sp³-hybridized carbons (Fsp3) is 0.833. The number of hydrogen-bond acceptors (Lipinski definition) is 1. The minimum Gasteiger partial charge on any atom is -0.330 e. The first-order valence-corrected chi connectivity index (χ1v) is 5.77. The van der Waals surface area contributed by atoms with Gasteiger partial charge < -0.3 is 5.73 Å². The van der Waals surface area contributed by atoms with Gasteiger partial charge in [-0.1, -0.05) is 38.3 Å². The first-order valence-electron chi connectivity index (χ1n) is 5.77. The van der Waals surface area contributed by atoms with Gasteiger partial charge in [0.15, 0.2) is 0 Å². The minimum atomic E-state index is 0.838. The zero-order chi connectivity index (χ0) is 9.78. The number of rotatable bonds is 9. The Kier molecular flexibility index (Phi) is 11.4. The highest BCUT2D eigenvalue weighted by Crippen LogP contribution is 2.04. The van der Waals surface area contributed by atoms with E-state index in [1.54, 1.807) is 0 Å². The van der Waals surface area contributed by atoms with Crippen LogP contribution in [0.4, 0.5) is 0 Å². The number of hydrogen-bond donors (Lipinski definition) is 1. The Bertz CT molecular complexity index is 108. The molecule has 0 rings (SSSR count). The predicted molar refractivity (Wildman–Crippen MR) is 60.8 cm³/mol. The summed E-state index contributed by atoms with van der Waals surface area (Å²) in [5.74, 6) is 0. The van der Waals surface area contributed by atoms with Crippen LogP contribution in [0.25, 0.3) is 0 Å². The molecule has 0 radical (unpaired) electrons. The molecule has 0 fully saturated rings. The van der Waals surface area contributed by atoms with E-state index >= 15 is 0 Å². The van der Waals surface area contributed by atoms with Crippen LogP contribution in [0.5, 0.6) is 0 Å². The predicted octanol–water partition coefficient (Wildman–Crippen LogP) is 3.64. The van der Waals surface area contributed by atoms with Crippen molar-refractivity contribution in [1.29, 1.82) is 0 Å². The summed E-state index contributed by atoms with van der Waals surface area (Å²) in [7, 11) is 0. The summed E-state index contributed by atoms with van der Waals surface area (Å²) in [5, 5.41) is 0. The summed E-state index contributed by atoms with van der Waals surface area (Å²) in [5.41, 5.74) is 5.40. The molecule has 2 N–H and O–H groups in total. The van der Waals surface area contributed by atoms with Gasteiger partial charge >= 0.3 is 0 Å². The summed E-state index contributed by atoms with van der Waals surface area (Å²) in [6, 6.07) is 0. The standard InChI is InChI=1S/C12H25N/c1-2-3-4-5-6-7-8-9-10-11-12-13/h7-8H,2-6,9-13H2,1H3. The Morgan fingerprint density at radius 3 is 2.00 bits per heavy atom. The maximum atomic E-state index is 5.40. The van der Waals surface area contributed by atoms with Gasteiger partial charge in [0.25, 0.3) is 0 Å². The van der Waals surface area contributed by atoms with Gasteiger partial charge in [-0.2, -0.15) is 0 Å². The molecule has 0 aliphatic heterocycles. The van der Waals surface area contributed by atoms with Gasteiger partial charge in [-0.25, -0.2) is 0 Å². The molecular weight excluding hydrogens is 158 g/mol. The molecule has 0 aromatic rings. The second kappa shape index (κ2) is 11.7. The number of nitrogens with two attached hydrogens (primary N) is 1. The highest BCUT2D eigenvalue weighted by atomic mass is 14.5. The lowest BCUT2D eigenvalue weighted by Crippen LogP contribution is -1.96. The third kappa shape index (κ3) is 11.7. The quantitative estimate of drug-likeness (QED) is 0.428. The molecule has 0 saturated heterocycles. The Hall–Kier alpha value is -0.300. The molecule has 0 unspecified atom stereocenters. The van der Waals surface area contributed by atoms with Gasteiger partial charge in [-0.3, -0.25) is 0 Å².